The van der Waals surface area contributed by atoms with Crippen molar-refractivity contribution in [2.75, 3.05) is 0 Å². The van der Waals surface area contributed by atoms with Gasteiger partial charge in [-0.3, -0.25) is 4.99 Å². The zero-order valence-corrected chi connectivity index (χ0v) is 13.4. The fourth-order valence-electron chi connectivity index (χ4n) is 2.78. The summed E-state index contributed by atoms with van der Waals surface area (Å²) >= 11 is 0. The van der Waals surface area contributed by atoms with Crippen LogP contribution in [0.1, 0.15) is 36.1 Å². The van der Waals surface area contributed by atoms with Gasteiger partial charge in [0.2, 0.25) is 0 Å². The quantitative estimate of drug-likeness (QED) is 0.685. The molecule has 0 amide bonds. The summed E-state index contributed by atoms with van der Waals surface area (Å²) in [5.41, 5.74) is 6.99. The Morgan fingerprint density at radius 3 is 2.32 bits per heavy atom. The maximum atomic E-state index is 4.81. The molecular weight excluding hydrogens is 266 g/mol. The molecule has 0 radical (unpaired) electrons. The zero-order valence-electron chi connectivity index (χ0n) is 13.4. The summed E-state index contributed by atoms with van der Waals surface area (Å²) in [5, 5.41) is 0. The highest BCUT2D eigenvalue weighted by atomic mass is 14.8. The molecular formula is C21H21N. The van der Waals surface area contributed by atoms with E-state index >= 15 is 0 Å². The first-order valence-corrected chi connectivity index (χ1v) is 7.61. The first-order chi connectivity index (χ1) is 10.5. The molecule has 0 aliphatic carbocycles. The number of benzene rings is 2. The third-order valence-corrected chi connectivity index (χ3v) is 4.32. The third-order valence-electron chi connectivity index (χ3n) is 4.32. The Morgan fingerprint density at radius 2 is 1.64 bits per heavy atom. The lowest BCUT2D eigenvalue weighted by Crippen LogP contribution is -2.23. The summed E-state index contributed by atoms with van der Waals surface area (Å²) in [7, 11) is 0. The largest absolute Gasteiger partial charge is 0.252 e. The van der Waals surface area contributed by atoms with Crippen molar-refractivity contribution in [1.29, 1.82) is 0 Å². The Kier molecular flexibility index (Phi) is 3.58. The van der Waals surface area contributed by atoms with Gasteiger partial charge in [0.1, 0.15) is 0 Å². The van der Waals surface area contributed by atoms with Crippen LogP contribution in [0.25, 0.3) is 12.2 Å². The number of hydrogen-bond acceptors (Lipinski definition) is 1. The van der Waals surface area contributed by atoms with E-state index in [0.717, 1.165) is 17.0 Å². The van der Waals surface area contributed by atoms with Crippen molar-refractivity contribution in [2.24, 2.45) is 4.99 Å². The molecule has 3 rings (SSSR count). The first-order valence-electron chi connectivity index (χ1n) is 7.61. The number of hydrogen-bond donors (Lipinski definition) is 0. The van der Waals surface area contributed by atoms with Gasteiger partial charge in [0.05, 0.1) is 11.4 Å². The van der Waals surface area contributed by atoms with Crippen LogP contribution >= 0.6 is 0 Å². The van der Waals surface area contributed by atoms with Gasteiger partial charge in [-0.2, -0.15) is 0 Å². The second-order valence-corrected chi connectivity index (χ2v) is 6.35. The number of fused-ring (bicyclic) bond motifs is 1. The van der Waals surface area contributed by atoms with E-state index in [1.807, 2.05) is 6.08 Å². The van der Waals surface area contributed by atoms with Crippen molar-refractivity contribution in [3.8, 4) is 0 Å². The number of nitrogens with zero attached hydrogens (tertiary/aromatic N) is 1. The highest BCUT2D eigenvalue weighted by molar-refractivity contribution is 6.10. The molecule has 0 fully saturated rings. The smallest absolute Gasteiger partial charge is 0.0675 e. The molecule has 1 aliphatic heterocycles. The van der Waals surface area contributed by atoms with Crippen LogP contribution in [0.3, 0.4) is 0 Å². The van der Waals surface area contributed by atoms with Crippen LogP contribution in [0.5, 0.6) is 0 Å². The second kappa shape index (κ2) is 5.42. The summed E-state index contributed by atoms with van der Waals surface area (Å²) in [4.78, 5) is 4.81. The highest BCUT2D eigenvalue weighted by Crippen LogP contribution is 2.41. The van der Waals surface area contributed by atoms with Crippen LogP contribution in [-0.4, -0.2) is 5.71 Å². The van der Waals surface area contributed by atoms with Crippen LogP contribution in [0.2, 0.25) is 0 Å². The van der Waals surface area contributed by atoms with Gasteiger partial charge in [-0.15, -0.1) is 0 Å². The maximum absolute atomic E-state index is 4.81. The molecule has 1 nitrogen and oxygen atoms in total. The molecule has 0 atom stereocenters. The van der Waals surface area contributed by atoms with E-state index in [1.54, 1.807) is 0 Å². The predicted molar refractivity (Wildman–Crippen MR) is 96.9 cm³/mol. The second-order valence-electron chi connectivity index (χ2n) is 6.35. The molecule has 0 bridgehead atoms. The lowest BCUT2D eigenvalue weighted by atomic mass is 9.80. The Hall–Kier alpha value is -2.41. The van der Waals surface area contributed by atoms with Gasteiger partial charge >= 0.3 is 0 Å². The average Bonchev–Trinajstić information content (AvgIpc) is 2.77. The average molecular weight is 287 g/mol. The standard InChI is InChI=1S/C21H21N/c1-5-16-10-12-19-18(14-16)21(3,4)20(22-19)13-11-17-8-6-15(2)7-9-17/h5-14H,1H2,2-4H3/b13-11+. The minimum absolute atomic E-state index is 0.0739. The van der Waals surface area contributed by atoms with E-state index in [9.17, 15) is 0 Å². The summed E-state index contributed by atoms with van der Waals surface area (Å²) in [6.45, 7) is 10.4. The van der Waals surface area contributed by atoms with Crippen molar-refractivity contribution in [3.05, 3.63) is 77.4 Å². The van der Waals surface area contributed by atoms with E-state index < -0.39 is 0 Å². The highest BCUT2D eigenvalue weighted by Gasteiger charge is 2.33. The SMILES string of the molecule is C=Cc1ccc2c(c1)C(C)(C)C(/C=C/c1ccc(C)cc1)=N2. The van der Waals surface area contributed by atoms with Crippen LogP contribution in [0.15, 0.2) is 60.1 Å². The third kappa shape index (κ3) is 2.55. The number of aliphatic imine (C=N–C) groups is 1. The van der Waals surface area contributed by atoms with Crippen molar-refractivity contribution in [3.63, 3.8) is 0 Å². The predicted octanol–water partition coefficient (Wildman–Crippen LogP) is 5.72. The van der Waals surface area contributed by atoms with Gasteiger partial charge in [0.15, 0.2) is 0 Å². The van der Waals surface area contributed by atoms with Crippen molar-refractivity contribution < 1.29 is 0 Å². The van der Waals surface area contributed by atoms with Crippen LogP contribution < -0.4 is 0 Å². The summed E-state index contributed by atoms with van der Waals surface area (Å²) in [6, 6.07) is 14.9. The summed E-state index contributed by atoms with van der Waals surface area (Å²) in [6.07, 6.45) is 6.16. The van der Waals surface area contributed by atoms with Gasteiger partial charge in [-0.1, -0.05) is 68.5 Å². The fraction of sp³-hybridized carbons (Fsp3) is 0.190. The Labute approximate surface area is 132 Å². The normalized spacial score (nSPS) is 15.7. The van der Waals surface area contributed by atoms with Crippen LogP contribution in [0, 0.1) is 6.92 Å². The molecule has 22 heavy (non-hydrogen) atoms. The lowest BCUT2D eigenvalue weighted by molar-refractivity contribution is 0.740. The van der Waals surface area contributed by atoms with E-state index in [-0.39, 0.29) is 5.41 Å². The molecule has 1 heterocycles. The molecule has 0 saturated heterocycles. The van der Waals surface area contributed by atoms with E-state index in [2.05, 4.69) is 82.0 Å². The first kappa shape index (κ1) is 14.5. The van der Waals surface area contributed by atoms with Crippen molar-refractivity contribution in [2.45, 2.75) is 26.2 Å². The molecule has 0 aromatic heterocycles. The van der Waals surface area contributed by atoms with E-state index in [4.69, 9.17) is 4.99 Å². The number of rotatable bonds is 3. The number of aryl methyl sites for hydroxylation is 1. The zero-order chi connectivity index (χ0) is 15.7. The molecule has 0 saturated carbocycles. The van der Waals surface area contributed by atoms with Crippen LogP contribution in [-0.2, 0) is 5.41 Å². The molecule has 1 aliphatic rings. The van der Waals surface area contributed by atoms with Crippen LogP contribution in [0.4, 0.5) is 5.69 Å². The molecule has 0 spiro atoms. The minimum Gasteiger partial charge on any atom is -0.252 e. The molecule has 1 heteroatoms. The van der Waals surface area contributed by atoms with E-state index in [1.165, 1.54) is 16.7 Å². The topological polar surface area (TPSA) is 12.4 Å². The summed E-state index contributed by atoms with van der Waals surface area (Å²) in [5.74, 6) is 0. The molecule has 2 aromatic carbocycles. The van der Waals surface area contributed by atoms with Crippen molar-refractivity contribution >= 4 is 23.6 Å². The number of allylic oxidation sites excluding steroid dienone is 1. The van der Waals surface area contributed by atoms with Gasteiger partial charge < -0.3 is 0 Å². The van der Waals surface area contributed by atoms with Gasteiger partial charge in [-0.25, -0.2) is 0 Å². The van der Waals surface area contributed by atoms with Gasteiger partial charge in [0.25, 0.3) is 0 Å². The molecule has 0 N–H and O–H groups in total. The van der Waals surface area contributed by atoms with Gasteiger partial charge in [0, 0.05) is 5.41 Å². The Morgan fingerprint density at radius 1 is 0.955 bits per heavy atom. The van der Waals surface area contributed by atoms with Crippen molar-refractivity contribution in [1.82, 2.24) is 0 Å². The Bertz CT molecular complexity index is 774. The molecule has 0 unspecified atom stereocenters. The molecule has 110 valence electrons. The van der Waals surface area contributed by atoms with E-state index in [0.29, 0.717) is 0 Å². The van der Waals surface area contributed by atoms with Gasteiger partial charge in [-0.05, 0) is 41.8 Å². The Balaban J connectivity index is 1.93. The maximum Gasteiger partial charge on any atom is 0.0675 e. The monoisotopic (exact) mass is 287 g/mol. The minimum atomic E-state index is -0.0739. The molecule has 2 aromatic rings. The fourth-order valence-corrected chi connectivity index (χ4v) is 2.78. The summed E-state index contributed by atoms with van der Waals surface area (Å²) < 4.78 is 0. The lowest BCUT2D eigenvalue weighted by Gasteiger charge is -2.20.